The lowest BCUT2D eigenvalue weighted by Crippen LogP contribution is -2.24. The van der Waals surface area contributed by atoms with E-state index in [1.807, 2.05) is 6.07 Å². The fraction of sp³-hybridized carbons (Fsp3) is 0.200. The van der Waals surface area contributed by atoms with Gasteiger partial charge in [-0.1, -0.05) is 17.7 Å². The third-order valence-electron chi connectivity index (χ3n) is 2.88. The third kappa shape index (κ3) is 4.08. The van der Waals surface area contributed by atoms with E-state index in [0.717, 1.165) is 5.56 Å². The number of nitrogens with one attached hydrogen (secondary N) is 1. The van der Waals surface area contributed by atoms with Crippen molar-refractivity contribution >= 4 is 23.2 Å². The average Bonchev–Trinajstić information content (AvgIpc) is 2.54. The summed E-state index contributed by atoms with van der Waals surface area (Å²) in [6.45, 7) is 2.32. The normalized spacial score (nSPS) is 9.96. The molecule has 23 heavy (non-hydrogen) atoms. The maximum atomic E-state index is 12.2. The first-order valence-electron chi connectivity index (χ1n) is 6.77. The van der Waals surface area contributed by atoms with Gasteiger partial charge in [0.15, 0.2) is 0 Å². The van der Waals surface area contributed by atoms with E-state index in [1.165, 1.54) is 6.07 Å². The SMILES string of the molecule is CCOc1nc(C(=O)NCc2ccc(Cl)nc2)cc(N)c1C#N. The van der Waals surface area contributed by atoms with Crippen molar-refractivity contribution < 1.29 is 9.53 Å². The molecule has 0 bridgehead atoms. The third-order valence-corrected chi connectivity index (χ3v) is 3.11. The number of rotatable bonds is 5. The molecule has 2 rings (SSSR count). The van der Waals surface area contributed by atoms with Crippen LogP contribution in [0.25, 0.3) is 0 Å². The van der Waals surface area contributed by atoms with Gasteiger partial charge in [0.25, 0.3) is 5.91 Å². The molecule has 0 spiro atoms. The zero-order valence-electron chi connectivity index (χ0n) is 12.3. The number of amides is 1. The lowest BCUT2D eigenvalue weighted by molar-refractivity contribution is 0.0945. The first-order valence-corrected chi connectivity index (χ1v) is 7.15. The lowest BCUT2D eigenvalue weighted by Gasteiger charge is -2.10. The van der Waals surface area contributed by atoms with E-state index in [9.17, 15) is 4.79 Å². The van der Waals surface area contributed by atoms with Crippen LogP contribution in [-0.2, 0) is 6.54 Å². The minimum Gasteiger partial charge on any atom is -0.477 e. The molecule has 2 heterocycles. The lowest BCUT2D eigenvalue weighted by atomic mass is 10.2. The molecule has 3 N–H and O–H groups in total. The number of nitriles is 1. The van der Waals surface area contributed by atoms with Crippen LogP contribution in [0.1, 0.15) is 28.5 Å². The molecule has 0 fully saturated rings. The van der Waals surface area contributed by atoms with E-state index in [2.05, 4.69) is 15.3 Å². The summed E-state index contributed by atoms with van der Waals surface area (Å²) in [5, 5.41) is 12.1. The first-order chi connectivity index (χ1) is 11.0. The second-order valence-electron chi connectivity index (χ2n) is 4.49. The van der Waals surface area contributed by atoms with Crippen LogP contribution in [0, 0.1) is 11.3 Å². The second-order valence-corrected chi connectivity index (χ2v) is 4.88. The predicted octanol–water partition coefficient (Wildman–Crippen LogP) is 1.91. The molecule has 0 aliphatic heterocycles. The van der Waals surface area contributed by atoms with Crippen LogP contribution in [0.3, 0.4) is 0 Å². The number of ether oxygens (including phenoxy) is 1. The Morgan fingerprint density at radius 2 is 2.30 bits per heavy atom. The Morgan fingerprint density at radius 1 is 1.52 bits per heavy atom. The van der Waals surface area contributed by atoms with Crippen molar-refractivity contribution in [2.24, 2.45) is 0 Å². The van der Waals surface area contributed by atoms with Crippen LogP contribution < -0.4 is 15.8 Å². The molecule has 0 unspecified atom stereocenters. The molecule has 0 radical (unpaired) electrons. The summed E-state index contributed by atoms with van der Waals surface area (Å²) in [6.07, 6.45) is 1.56. The summed E-state index contributed by atoms with van der Waals surface area (Å²) in [5.74, 6) is -0.384. The fourth-order valence-corrected chi connectivity index (χ4v) is 1.91. The predicted molar refractivity (Wildman–Crippen MR) is 85.0 cm³/mol. The molecular formula is C15H14ClN5O2. The largest absolute Gasteiger partial charge is 0.477 e. The summed E-state index contributed by atoms with van der Waals surface area (Å²) >= 11 is 5.70. The highest BCUT2D eigenvalue weighted by Crippen LogP contribution is 2.22. The highest BCUT2D eigenvalue weighted by atomic mass is 35.5. The van der Waals surface area contributed by atoms with Gasteiger partial charge in [-0.3, -0.25) is 4.79 Å². The van der Waals surface area contributed by atoms with E-state index in [4.69, 9.17) is 27.3 Å². The van der Waals surface area contributed by atoms with Crippen LogP contribution in [0.5, 0.6) is 5.88 Å². The number of aromatic nitrogens is 2. The minimum atomic E-state index is -0.433. The standard InChI is InChI=1S/C15H14ClN5O2/c1-2-23-15-10(6-17)11(18)5-12(21-15)14(22)20-8-9-3-4-13(16)19-7-9/h3-5,7H,2,8H2,1H3,(H2,18,21)(H,20,22). The van der Waals surface area contributed by atoms with Crippen molar-refractivity contribution in [2.45, 2.75) is 13.5 Å². The fourth-order valence-electron chi connectivity index (χ4n) is 1.79. The van der Waals surface area contributed by atoms with Crippen molar-refractivity contribution in [3.8, 4) is 11.9 Å². The number of carbonyl (C=O) groups excluding carboxylic acids is 1. The van der Waals surface area contributed by atoms with Gasteiger partial charge in [0.2, 0.25) is 5.88 Å². The molecule has 0 atom stereocenters. The molecule has 0 saturated heterocycles. The highest BCUT2D eigenvalue weighted by molar-refractivity contribution is 6.29. The zero-order chi connectivity index (χ0) is 16.8. The van der Waals surface area contributed by atoms with E-state index < -0.39 is 5.91 Å². The van der Waals surface area contributed by atoms with Gasteiger partial charge in [-0.05, 0) is 24.6 Å². The monoisotopic (exact) mass is 331 g/mol. The Morgan fingerprint density at radius 3 is 2.91 bits per heavy atom. The minimum absolute atomic E-state index is 0.0494. The molecular weight excluding hydrogens is 318 g/mol. The molecule has 0 aromatic carbocycles. The highest BCUT2D eigenvalue weighted by Gasteiger charge is 2.16. The Hall–Kier alpha value is -2.85. The number of nitrogens with zero attached hydrogens (tertiary/aromatic N) is 3. The summed E-state index contributed by atoms with van der Waals surface area (Å²) in [4.78, 5) is 20.2. The molecule has 1 amide bonds. The van der Waals surface area contributed by atoms with Crippen molar-refractivity contribution in [3.05, 3.63) is 46.4 Å². The van der Waals surface area contributed by atoms with Crippen LogP contribution in [-0.4, -0.2) is 22.5 Å². The molecule has 7 nitrogen and oxygen atoms in total. The molecule has 8 heteroatoms. The molecule has 0 saturated carbocycles. The average molecular weight is 332 g/mol. The molecule has 2 aromatic rings. The van der Waals surface area contributed by atoms with E-state index in [0.29, 0.717) is 11.8 Å². The topological polar surface area (TPSA) is 114 Å². The van der Waals surface area contributed by atoms with Crippen molar-refractivity contribution in [3.63, 3.8) is 0 Å². The molecule has 118 valence electrons. The van der Waals surface area contributed by atoms with Crippen LogP contribution in [0.2, 0.25) is 5.15 Å². The zero-order valence-corrected chi connectivity index (χ0v) is 13.1. The number of nitrogens with two attached hydrogens (primary N) is 1. The maximum absolute atomic E-state index is 12.2. The van der Waals surface area contributed by atoms with E-state index >= 15 is 0 Å². The smallest absolute Gasteiger partial charge is 0.270 e. The first kappa shape index (κ1) is 16.5. The van der Waals surface area contributed by atoms with Gasteiger partial charge in [-0.2, -0.15) is 5.26 Å². The Balaban J connectivity index is 2.15. The Labute approximate surface area is 138 Å². The molecule has 0 aliphatic carbocycles. The number of anilines is 1. The quantitative estimate of drug-likeness (QED) is 0.809. The van der Waals surface area contributed by atoms with Crippen LogP contribution in [0.15, 0.2) is 24.4 Å². The number of hydrogen-bond acceptors (Lipinski definition) is 6. The van der Waals surface area contributed by atoms with Gasteiger partial charge in [-0.25, -0.2) is 9.97 Å². The van der Waals surface area contributed by atoms with Gasteiger partial charge in [0.05, 0.1) is 12.3 Å². The van der Waals surface area contributed by atoms with Gasteiger partial charge in [0.1, 0.15) is 22.5 Å². The number of halogens is 1. The summed E-state index contributed by atoms with van der Waals surface area (Å²) < 4.78 is 5.26. The summed E-state index contributed by atoms with van der Waals surface area (Å²) in [5.41, 5.74) is 6.90. The summed E-state index contributed by atoms with van der Waals surface area (Å²) in [7, 11) is 0. The number of carbonyl (C=O) groups is 1. The maximum Gasteiger partial charge on any atom is 0.270 e. The van der Waals surface area contributed by atoms with Gasteiger partial charge in [-0.15, -0.1) is 0 Å². The van der Waals surface area contributed by atoms with E-state index in [-0.39, 0.29) is 29.4 Å². The van der Waals surface area contributed by atoms with Crippen LogP contribution >= 0.6 is 11.6 Å². The van der Waals surface area contributed by atoms with Crippen molar-refractivity contribution in [2.75, 3.05) is 12.3 Å². The Bertz CT molecular complexity index is 756. The van der Waals surface area contributed by atoms with Gasteiger partial charge in [0, 0.05) is 12.7 Å². The number of pyridine rings is 2. The Kier molecular flexibility index (Phi) is 5.33. The van der Waals surface area contributed by atoms with Crippen molar-refractivity contribution in [1.82, 2.24) is 15.3 Å². The second kappa shape index (κ2) is 7.42. The number of hydrogen-bond donors (Lipinski definition) is 2. The summed E-state index contributed by atoms with van der Waals surface area (Å²) in [6, 6.07) is 6.64. The van der Waals surface area contributed by atoms with E-state index in [1.54, 1.807) is 25.3 Å². The molecule has 0 aliphatic rings. The number of nitrogen functional groups attached to an aromatic ring is 1. The van der Waals surface area contributed by atoms with Gasteiger partial charge < -0.3 is 15.8 Å². The molecule has 2 aromatic heterocycles. The van der Waals surface area contributed by atoms with Gasteiger partial charge >= 0.3 is 0 Å². The van der Waals surface area contributed by atoms with Crippen LogP contribution in [0.4, 0.5) is 5.69 Å². The van der Waals surface area contributed by atoms with Crippen molar-refractivity contribution in [1.29, 1.82) is 5.26 Å².